The number of rotatable bonds is 4. The molecular formula is C20H20BrNO3. The van der Waals surface area contributed by atoms with Crippen molar-refractivity contribution < 1.29 is 14.3 Å². The number of ether oxygens (including phenoxy) is 1. The lowest BCUT2D eigenvalue weighted by Crippen LogP contribution is -2.36. The zero-order valence-electron chi connectivity index (χ0n) is 14.0. The van der Waals surface area contributed by atoms with Crippen molar-refractivity contribution in [1.82, 2.24) is 0 Å². The van der Waals surface area contributed by atoms with E-state index >= 15 is 0 Å². The zero-order chi connectivity index (χ0) is 17.9. The normalized spacial score (nSPS) is 15.6. The Kier molecular flexibility index (Phi) is 5.23. The number of hydrogen-bond donors (Lipinski definition) is 1. The molecule has 0 aromatic heterocycles. The van der Waals surface area contributed by atoms with Crippen molar-refractivity contribution in [2.75, 3.05) is 5.32 Å². The van der Waals surface area contributed by atoms with E-state index in [4.69, 9.17) is 4.74 Å². The molecular weight excluding hydrogens is 382 g/mol. The van der Waals surface area contributed by atoms with Gasteiger partial charge < -0.3 is 10.1 Å². The molecule has 0 saturated heterocycles. The van der Waals surface area contributed by atoms with Gasteiger partial charge in [-0.25, -0.2) is 0 Å². The fourth-order valence-corrected chi connectivity index (χ4v) is 3.64. The highest BCUT2D eigenvalue weighted by molar-refractivity contribution is 9.10. The number of benzene rings is 2. The highest BCUT2D eigenvalue weighted by Crippen LogP contribution is 2.42. The topological polar surface area (TPSA) is 55.4 Å². The van der Waals surface area contributed by atoms with Gasteiger partial charge in [0.15, 0.2) is 0 Å². The van der Waals surface area contributed by atoms with E-state index in [-0.39, 0.29) is 11.9 Å². The minimum Gasteiger partial charge on any atom is -0.426 e. The standard InChI is InChI=1S/C20H20BrNO3/c1-14(23)22-17-8-10-18(11-9-17)25-19(24)20(12-2-3-13-20)15-4-6-16(21)7-5-15/h4-11H,2-3,12-13H2,1H3,(H,22,23). The third kappa shape index (κ3) is 3.93. The van der Waals surface area contributed by atoms with Crippen LogP contribution in [-0.4, -0.2) is 11.9 Å². The van der Waals surface area contributed by atoms with Crippen LogP contribution >= 0.6 is 15.9 Å². The molecule has 0 atom stereocenters. The molecule has 130 valence electrons. The van der Waals surface area contributed by atoms with Crippen molar-refractivity contribution in [3.63, 3.8) is 0 Å². The maximum atomic E-state index is 13.0. The second-order valence-electron chi connectivity index (χ2n) is 6.39. The van der Waals surface area contributed by atoms with Gasteiger partial charge in [0.25, 0.3) is 0 Å². The molecule has 2 aromatic rings. The first-order chi connectivity index (χ1) is 12.0. The molecule has 1 aliphatic rings. The predicted octanol–water partition coefficient (Wildman–Crippen LogP) is 4.82. The number of anilines is 1. The van der Waals surface area contributed by atoms with E-state index in [1.54, 1.807) is 24.3 Å². The summed E-state index contributed by atoms with van der Waals surface area (Å²) in [5.41, 5.74) is 1.11. The fraction of sp³-hybridized carbons (Fsp3) is 0.300. The molecule has 0 bridgehead atoms. The Labute approximate surface area is 155 Å². The van der Waals surface area contributed by atoms with Crippen molar-refractivity contribution in [3.05, 3.63) is 58.6 Å². The van der Waals surface area contributed by atoms with Crippen LogP contribution in [0, 0.1) is 0 Å². The molecule has 1 aliphatic carbocycles. The summed E-state index contributed by atoms with van der Waals surface area (Å²) in [4.78, 5) is 24.1. The van der Waals surface area contributed by atoms with E-state index in [1.807, 2.05) is 24.3 Å². The molecule has 4 nitrogen and oxygen atoms in total. The molecule has 0 unspecified atom stereocenters. The van der Waals surface area contributed by atoms with Gasteiger partial charge in [-0.05, 0) is 54.8 Å². The number of carbonyl (C=O) groups is 2. The Morgan fingerprint density at radius 2 is 1.60 bits per heavy atom. The Morgan fingerprint density at radius 1 is 1.00 bits per heavy atom. The van der Waals surface area contributed by atoms with E-state index in [9.17, 15) is 9.59 Å². The van der Waals surface area contributed by atoms with Crippen LogP contribution in [-0.2, 0) is 15.0 Å². The second-order valence-corrected chi connectivity index (χ2v) is 7.31. The van der Waals surface area contributed by atoms with Crippen LogP contribution in [0.25, 0.3) is 0 Å². The minimum absolute atomic E-state index is 0.134. The predicted molar refractivity (Wildman–Crippen MR) is 101 cm³/mol. The lowest BCUT2D eigenvalue weighted by molar-refractivity contribution is -0.140. The summed E-state index contributed by atoms with van der Waals surface area (Å²) in [7, 11) is 0. The Balaban J connectivity index is 1.79. The molecule has 0 heterocycles. The molecule has 1 amide bonds. The maximum Gasteiger partial charge on any atom is 0.321 e. The molecule has 5 heteroatoms. The van der Waals surface area contributed by atoms with Crippen LogP contribution < -0.4 is 10.1 Å². The molecule has 1 saturated carbocycles. The molecule has 0 spiro atoms. The van der Waals surface area contributed by atoms with Gasteiger partial charge >= 0.3 is 5.97 Å². The summed E-state index contributed by atoms with van der Waals surface area (Å²) < 4.78 is 6.67. The SMILES string of the molecule is CC(=O)Nc1ccc(OC(=O)C2(c3ccc(Br)cc3)CCCC2)cc1. The van der Waals surface area contributed by atoms with Gasteiger partial charge in [-0.2, -0.15) is 0 Å². The van der Waals surface area contributed by atoms with Gasteiger partial charge in [0.05, 0.1) is 5.41 Å². The van der Waals surface area contributed by atoms with Gasteiger partial charge in [0.2, 0.25) is 5.91 Å². The third-order valence-electron chi connectivity index (χ3n) is 4.63. The Bertz CT molecular complexity index is 763. The van der Waals surface area contributed by atoms with Crippen LogP contribution in [0.3, 0.4) is 0 Å². The van der Waals surface area contributed by atoms with E-state index in [2.05, 4.69) is 21.2 Å². The number of halogens is 1. The van der Waals surface area contributed by atoms with Gasteiger partial charge in [-0.1, -0.05) is 40.9 Å². The lowest BCUT2D eigenvalue weighted by atomic mass is 9.79. The summed E-state index contributed by atoms with van der Waals surface area (Å²) >= 11 is 3.44. The average Bonchev–Trinajstić information content (AvgIpc) is 3.08. The highest BCUT2D eigenvalue weighted by atomic mass is 79.9. The number of nitrogens with one attached hydrogen (secondary N) is 1. The van der Waals surface area contributed by atoms with Crippen LogP contribution in [0.1, 0.15) is 38.2 Å². The van der Waals surface area contributed by atoms with Crippen molar-refractivity contribution in [2.45, 2.75) is 38.0 Å². The summed E-state index contributed by atoms with van der Waals surface area (Å²) in [6.45, 7) is 1.45. The highest BCUT2D eigenvalue weighted by Gasteiger charge is 2.44. The van der Waals surface area contributed by atoms with Crippen LogP contribution in [0.2, 0.25) is 0 Å². The first kappa shape index (κ1) is 17.7. The number of amides is 1. The summed E-state index contributed by atoms with van der Waals surface area (Å²) in [6, 6.07) is 14.8. The first-order valence-corrected chi connectivity index (χ1v) is 9.15. The van der Waals surface area contributed by atoms with Gasteiger partial charge in [0.1, 0.15) is 5.75 Å². The Morgan fingerprint density at radius 3 is 2.16 bits per heavy atom. The van der Waals surface area contributed by atoms with Crippen LogP contribution in [0.4, 0.5) is 5.69 Å². The molecule has 3 rings (SSSR count). The summed E-state index contributed by atoms with van der Waals surface area (Å²) in [6.07, 6.45) is 3.65. The van der Waals surface area contributed by atoms with E-state index < -0.39 is 5.41 Å². The van der Waals surface area contributed by atoms with Gasteiger partial charge in [-0.3, -0.25) is 9.59 Å². The Hall–Kier alpha value is -2.14. The molecule has 0 aliphatic heterocycles. The largest absolute Gasteiger partial charge is 0.426 e. The first-order valence-electron chi connectivity index (χ1n) is 8.36. The molecule has 1 N–H and O–H groups in total. The number of carbonyl (C=O) groups excluding carboxylic acids is 2. The van der Waals surface area contributed by atoms with Crippen molar-refractivity contribution in [3.8, 4) is 5.75 Å². The monoisotopic (exact) mass is 401 g/mol. The number of esters is 1. The average molecular weight is 402 g/mol. The molecule has 0 radical (unpaired) electrons. The van der Waals surface area contributed by atoms with Gasteiger partial charge in [-0.15, -0.1) is 0 Å². The zero-order valence-corrected chi connectivity index (χ0v) is 15.6. The number of hydrogen-bond acceptors (Lipinski definition) is 3. The van der Waals surface area contributed by atoms with Crippen LogP contribution in [0.5, 0.6) is 5.75 Å². The van der Waals surface area contributed by atoms with E-state index in [0.29, 0.717) is 11.4 Å². The van der Waals surface area contributed by atoms with E-state index in [1.165, 1.54) is 6.92 Å². The maximum absolute atomic E-state index is 13.0. The van der Waals surface area contributed by atoms with Crippen molar-refractivity contribution >= 4 is 33.5 Å². The summed E-state index contributed by atoms with van der Waals surface area (Å²) in [5.74, 6) is 0.145. The minimum atomic E-state index is -0.572. The molecule has 2 aromatic carbocycles. The molecule has 25 heavy (non-hydrogen) atoms. The molecule has 1 fully saturated rings. The summed E-state index contributed by atoms with van der Waals surface area (Å²) in [5, 5.41) is 2.70. The quantitative estimate of drug-likeness (QED) is 0.589. The lowest BCUT2D eigenvalue weighted by Gasteiger charge is -2.27. The van der Waals surface area contributed by atoms with Crippen LogP contribution in [0.15, 0.2) is 53.0 Å². The van der Waals surface area contributed by atoms with Crippen molar-refractivity contribution in [1.29, 1.82) is 0 Å². The van der Waals surface area contributed by atoms with E-state index in [0.717, 1.165) is 35.7 Å². The second kappa shape index (κ2) is 7.40. The third-order valence-corrected chi connectivity index (χ3v) is 5.16. The van der Waals surface area contributed by atoms with Gasteiger partial charge in [0, 0.05) is 17.1 Å². The fourth-order valence-electron chi connectivity index (χ4n) is 3.37. The smallest absolute Gasteiger partial charge is 0.321 e. The van der Waals surface area contributed by atoms with Crippen molar-refractivity contribution in [2.24, 2.45) is 0 Å².